The molecule has 50 heavy (non-hydrogen) atoms. The van der Waals surface area contributed by atoms with Crippen LogP contribution in [0.4, 0.5) is 0 Å². The van der Waals surface area contributed by atoms with Gasteiger partial charge in [0.25, 0.3) is 0 Å². The second-order valence-corrected chi connectivity index (χ2v) is 28.9. The summed E-state index contributed by atoms with van der Waals surface area (Å²) in [6.07, 6.45) is 5.14. The summed E-state index contributed by atoms with van der Waals surface area (Å²) >= 11 is -3.50. The Labute approximate surface area is 307 Å². The number of benzene rings is 5. The van der Waals surface area contributed by atoms with E-state index in [0.29, 0.717) is 7.25 Å². The van der Waals surface area contributed by atoms with E-state index < -0.39 is 20.3 Å². The summed E-state index contributed by atoms with van der Waals surface area (Å²) in [6.45, 7) is 21.7. The van der Waals surface area contributed by atoms with Crippen molar-refractivity contribution >= 4 is 21.9 Å². The van der Waals surface area contributed by atoms with Gasteiger partial charge in [-0.15, -0.1) is 0 Å². The Morgan fingerprint density at radius 1 is 0.520 bits per heavy atom. The third-order valence-electron chi connectivity index (χ3n) is 12.3. The van der Waals surface area contributed by atoms with Crippen LogP contribution in [0.1, 0.15) is 134 Å². The maximum absolute atomic E-state index is 3.50. The molecule has 0 nitrogen and oxygen atoms in total. The molecular formula is C49H58Zr. The van der Waals surface area contributed by atoms with Crippen molar-refractivity contribution in [3.63, 3.8) is 0 Å². The van der Waals surface area contributed by atoms with Crippen molar-refractivity contribution in [1.29, 1.82) is 0 Å². The second-order valence-electron chi connectivity index (χ2n) is 17.6. The van der Waals surface area contributed by atoms with Gasteiger partial charge in [0.2, 0.25) is 0 Å². The van der Waals surface area contributed by atoms with Crippen LogP contribution in [0.25, 0.3) is 33.0 Å². The molecule has 0 spiro atoms. The van der Waals surface area contributed by atoms with Crippen LogP contribution in [0.15, 0.2) is 103 Å². The van der Waals surface area contributed by atoms with Crippen molar-refractivity contribution in [2.75, 3.05) is 0 Å². The number of rotatable bonds is 9. The van der Waals surface area contributed by atoms with Crippen LogP contribution in [-0.4, -0.2) is 0 Å². The van der Waals surface area contributed by atoms with Crippen LogP contribution in [0.2, 0.25) is 8.26 Å². The van der Waals surface area contributed by atoms with Gasteiger partial charge in [0, 0.05) is 0 Å². The minimum atomic E-state index is -3.50. The molecule has 0 bridgehead atoms. The normalized spacial score (nSPS) is 16.2. The molecule has 5 aromatic carbocycles. The van der Waals surface area contributed by atoms with Crippen molar-refractivity contribution in [2.24, 2.45) is 0 Å². The summed E-state index contributed by atoms with van der Waals surface area (Å²) in [5, 5.41) is 2.76. The summed E-state index contributed by atoms with van der Waals surface area (Å²) in [7, 11) is 0. The Morgan fingerprint density at radius 2 is 1.04 bits per heavy atom. The Bertz CT molecular complexity index is 2000. The molecular weight excluding hydrogens is 680 g/mol. The summed E-state index contributed by atoms with van der Waals surface area (Å²) < 4.78 is 3.82. The van der Waals surface area contributed by atoms with Crippen molar-refractivity contribution in [1.82, 2.24) is 0 Å². The zero-order valence-corrected chi connectivity index (χ0v) is 34.7. The molecule has 0 aliphatic heterocycles. The third-order valence-corrected chi connectivity index (χ3v) is 27.3. The molecule has 0 fully saturated rings. The molecule has 0 saturated carbocycles. The van der Waals surface area contributed by atoms with Gasteiger partial charge in [-0.1, -0.05) is 0 Å². The molecule has 0 radical (unpaired) electrons. The van der Waals surface area contributed by atoms with Crippen LogP contribution < -0.4 is 0 Å². The van der Waals surface area contributed by atoms with Gasteiger partial charge in [0.1, 0.15) is 0 Å². The van der Waals surface area contributed by atoms with E-state index in [0.717, 1.165) is 0 Å². The Kier molecular flexibility index (Phi) is 9.56. The van der Waals surface area contributed by atoms with E-state index in [9.17, 15) is 0 Å². The van der Waals surface area contributed by atoms with Crippen molar-refractivity contribution in [3.05, 3.63) is 142 Å². The standard InChI is InChI=1S/C21H25.C20H15.2C4H9.Zr/c1-20(2,3)16-7-9-18-14(12-16)11-15-13-17(21(4,5)6)8-10-19(15)18;1-14-17-10-4-3-8-16(17)13-20(14)19-12-6-9-15-7-2-5-11-18(15)19;2*1-3-4-2;/h7-13H,1-6H3;2-13H,1H3;2*1,3-4H2,2H3;. The van der Waals surface area contributed by atoms with Crippen molar-refractivity contribution < 1.29 is 20.3 Å². The van der Waals surface area contributed by atoms with Crippen LogP contribution in [0.3, 0.4) is 0 Å². The monoisotopic (exact) mass is 736 g/mol. The van der Waals surface area contributed by atoms with Gasteiger partial charge in [0.05, 0.1) is 0 Å². The molecule has 5 aromatic rings. The van der Waals surface area contributed by atoms with E-state index in [1.165, 1.54) is 83.7 Å². The average molecular weight is 738 g/mol. The molecule has 1 unspecified atom stereocenters. The van der Waals surface area contributed by atoms with E-state index in [1.807, 2.05) is 0 Å². The maximum atomic E-state index is 2.69. The summed E-state index contributed by atoms with van der Waals surface area (Å²) in [5.74, 6) is 0. The number of hydrogen-bond donors (Lipinski definition) is 0. The fourth-order valence-corrected chi connectivity index (χ4v) is 27.7. The zero-order valence-electron chi connectivity index (χ0n) is 32.2. The topological polar surface area (TPSA) is 0 Å². The molecule has 7 rings (SSSR count). The van der Waals surface area contributed by atoms with E-state index in [-0.39, 0.29) is 10.8 Å². The average Bonchev–Trinajstić information content (AvgIpc) is 3.59. The van der Waals surface area contributed by atoms with Gasteiger partial charge in [0.15, 0.2) is 0 Å². The van der Waals surface area contributed by atoms with E-state index in [2.05, 4.69) is 165 Å². The molecule has 2 aliphatic rings. The number of hydrogen-bond acceptors (Lipinski definition) is 0. The van der Waals surface area contributed by atoms with Gasteiger partial charge in [-0.25, -0.2) is 0 Å². The predicted molar refractivity (Wildman–Crippen MR) is 216 cm³/mol. The van der Waals surface area contributed by atoms with E-state index >= 15 is 0 Å². The molecule has 0 amide bonds. The fourth-order valence-electron chi connectivity index (χ4n) is 9.72. The predicted octanol–water partition coefficient (Wildman–Crippen LogP) is 14.8. The van der Waals surface area contributed by atoms with Crippen molar-refractivity contribution in [2.45, 2.75) is 114 Å². The molecule has 258 valence electrons. The molecule has 0 heterocycles. The molecule has 2 aliphatic carbocycles. The van der Waals surface area contributed by atoms with Gasteiger partial charge >= 0.3 is 310 Å². The van der Waals surface area contributed by atoms with Gasteiger partial charge in [-0.05, 0) is 0 Å². The van der Waals surface area contributed by atoms with Crippen LogP contribution >= 0.6 is 0 Å². The fraction of sp³-hybridized carbons (Fsp3) is 0.388. The zero-order chi connectivity index (χ0) is 35.4. The number of allylic oxidation sites excluding steroid dienone is 2. The van der Waals surface area contributed by atoms with Gasteiger partial charge in [-0.2, -0.15) is 0 Å². The minimum absolute atomic E-state index is 0.0977. The van der Waals surface area contributed by atoms with Gasteiger partial charge < -0.3 is 0 Å². The van der Waals surface area contributed by atoms with Gasteiger partial charge in [-0.3, -0.25) is 0 Å². The van der Waals surface area contributed by atoms with Crippen LogP contribution in [0, 0.1) is 0 Å². The molecule has 0 N–H and O–H groups in total. The molecule has 1 atom stereocenters. The Morgan fingerprint density at radius 3 is 1.62 bits per heavy atom. The van der Waals surface area contributed by atoms with E-state index in [4.69, 9.17) is 0 Å². The summed E-state index contributed by atoms with van der Waals surface area (Å²) in [5.41, 5.74) is 17.2. The first-order chi connectivity index (χ1) is 23.9. The first-order valence-corrected chi connectivity index (χ1v) is 25.8. The Hall–Kier alpha value is -3.02. The van der Waals surface area contributed by atoms with Crippen LogP contribution in [0.5, 0.6) is 0 Å². The first kappa shape index (κ1) is 35.4. The molecule has 0 aromatic heterocycles. The quantitative estimate of drug-likeness (QED) is 0.141. The van der Waals surface area contributed by atoms with Crippen molar-refractivity contribution in [3.8, 4) is 11.1 Å². The second kappa shape index (κ2) is 13.5. The molecule has 1 heteroatoms. The summed E-state index contributed by atoms with van der Waals surface area (Å²) in [6, 6.07) is 41.1. The first-order valence-electron chi connectivity index (χ1n) is 19.5. The number of fused-ring (bicyclic) bond motifs is 5. The van der Waals surface area contributed by atoms with Crippen LogP contribution in [-0.2, 0) is 31.1 Å². The number of unbranched alkanes of at least 4 members (excludes halogenated alkanes) is 2. The SMILES string of the molecule is CCC[CH2][Zr]([CH2]CCC)([CH]1C(c2cccc3ccccc23)=C(C)c2ccccc21)[CH]1c2cc(C(C)(C)C)ccc2-c2ccc(C(C)(C)C)cc21. The van der Waals surface area contributed by atoms with E-state index in [1.54, 1.807) is 22.3 Å². The Balaban J connectivity index is 1.60. The molecule has 0 saturated heterocycles. The summed E-state index contributed by atoms with van der Waals surface area (Å²) in [4.78, 5) is 0. The third kappa shape index (κ3) is 5.95.